The van der Waals surface area contributed by atoms with E-state index in [1.165, 1.54) is 25.9 Å². The number of nitrogens with one attached hydrogen (secondary N) is 2. The van der Waals surface area contributed by atoms with Crippen LogP contribution >= 0.6 is 0 Å². The van der Waals surface area contributed by atoms with Gasteiger partial charge in [-0.2, -0.15) is 4.98 Å². The van der Waals surface area contributed by atoms with E-state index in [2.05, 4.69) is 25.5 Å². The molecule has 30 heavy (non-hydrogen) atoms. The van der Waals surface area contributed by atoms with E-state index in [-0.39, 0.29) is 0 Å². The zero-order valence-corrected chi connectivity index (χ0v) is 17.2. The first-order chi connectivity index (χ1) is 14.8. The fourth-order valence-corrected chi connectivity index (χ4v) is 3.37. The molecule has 1 fully saturated rings. The van der Waals surface area contributed by atoms with Crippen LogP contribution in [0.25, 0.3) is 0 Å². The Morgan fingerprint density at radius 3 is 2.23 bits per heavy atom. The molecule has 0 bridgehead atoms. The summed E-state index contributed by atoms with van der Waals surface area (Å²) in [4.78, 5) is 11.3. The summed E-state index contributed by atoms with van der Waals surface area (Å²) in [5.41, 5.74) is 1.83. The molecule has 0 aliphatic carbocycles. The highest BCUT2D eigenvalue weighted by atomic mass is 16.5. The molecule has 0 spiro atoms. The SMILES string of the molecule is COc1ccc(Nc2ccnc(Nc3ccc(OCCN4CCCC4)cc3)n2)cc1. The Bertz CT molecular complexity index is 925. The minimum atomic E-state index is 0.524. The Hall–Kier alpha value is -3.32. The Morgan fingerprint density at radius 1 is 0.867 bits per heavy atom. The van der Waals surface area contributed by atoms with E-state index in [1.54, 1.807) is 13.3 Å². The molecule has 1 aliphatic heterocycles. The third kappa shape index (κ3) is 5.61. The summed E-state index contributed by atoms with van der Waals surface area (Å²) in [5.74, 6) is 2.92. The van der Waals surface area contributed by atoms with Gasteiger partial charge in [0.05, 0.1) is 7.11 Å². The number of anilines is 4. The van der Waals surface area contributed by atoms with Crippen molar-refractivity contribution in [2.75, 3.05) is 44.0 Å². The lowest BCUT2D eigenvalue weighted by Gasteiger charge is -2.15. The van der Waals surface area contributed by atoms with Crippen LogP contribution in [0.2, 0.25) is 0 Å². The maximum atomic E-state index is 5.86. The van der Waals surface area contributed by atoms with Gasteiger partial charge in [-0.1, -0.05) is 0 Å². The molecule has 0 amide bonds. The summed E-state index contributed by atoms with van der Waals surface area (Å²) >= 11 is 0. The van der Waals surface area contributed by atoms with Crippen molar-refractivity contribution in [2.45, 2.75) is 12.8 Å². The molecule has 0 saturated carbocycles. The highest BCUT2D eigenvalue weighted by Gasteiger charge is 2.10. The maximum Gasteiger partial charge on any atom is 0.229 e. The van der Waals surface area contributed by atoms with Crippen LogP contribution in [0.4, 0.5) is 23.1 Å². The first-order valence-corrected chi connectivity index (χ1v) is 10.2. The smallest absolute Gasteiger partial charge is 0.229 e. The number of hydrogen-bond donors (Lipinski definition) is 2. The minimum absolute atomic E-state index is 0.524. The molecule has 2 aromatic carbocycles. The molecule has 7 heteroatoms. The van der Waals surface area contributed by atoms with Crippen LogP contribution in [0.5, 0.6) is 11.5 Å². The molecule has 3 aromatic rings. The summed E-state index contributed by atoms with van der Waals surface area (Å²) in [6, 6.07) is 17.4. The van der Waals surface area contributed by atoms with Gasteiger partial charge in [-0.15, -0.1) is 0 Å². The zero-order valence-electron chi connectivity index (χ0n) is 17.2. The molecule has 7 nitrogen and oxygen atoms in total. The van der Waals surface area contributed by atoms with E-state index in [1.807, 2.05) is 54.6 Å². The van der Waals surface area contributed by atoms with Crippen LogP contribution in [-0.2, 0) is 0 Å². The highest BCUT2D eigenvalue weighted by molar-refractivity contribution is 5.60. The third-order valence-corrected chi connectivity index (χ3v) is 5.00. The molecule has 1 saturated heterocycles. The molecule has 0 unspecified atom stereocenters. The van der Waals surface area contributed by atoms with Crippen LogP contribution in [0, 0.1) is 0 Å². The minimum Gasteiger partial charge on any atom is -0.497 e. The van der Waals surface area contributed by atoms with Crippen molar-refractivity contribution in [1.29, 1.82) is 0 Å². The number of benzene rings is 2. The largest absolute Gasteiger partial charge is 0.497 e. The molecule has 4 rings (SSSR count). The molecule has 1 aromatic heterocycles. The summed E-state index contributed by atoms with van der Waals surface area (Å²) in [5, 5.41) is 6.50. The third-order valence-electron chi connectivity index (χ3n) is 5.00. The standard InChI is InChI=1S/C23H27N5O2/c1-29-20-8-4-18(5-9-20)25-22-12-13-24-23(27-22)26-19-6-10-21(11-7-19)30-17-16-28-14-2-3-15-28/h4-13H,2-3,14-17H2,1H3,(H2,24,25,26,27). The van der Waals surface area contributed by atoms with Crippen molar-refractivity contribution in [2.24, 2.45) is 0 Å². The van der Waals surface area contributed by atoms with Crippen molar-refractivity contribution in [1.82, 2.24) is 14.9 Å². The number of methoxy groups -OCH3 is 1. The summed E-state index contributed by atoms with van der Waals surface area (Å²) in [6.45, 7) is 4.09. The molecule has 2 N–H and O–H groups in total. The molecule has 0 radical (unpaired) electrons. The Balaban J connectivity index is 1.30. The van der Waals surface area contributed by atoms with E-state index in [0.29, 0.717) is 11.8 Å². The number of rotatable bonds is 9. The Kier molecular flexibility index (Phi) is 6.61. The van der Waals surface area contributed by atoms with Gasteiger partial charge in [0, 0.05) is 24.1 Å². The van der Waals surface area contributed by atoms with Crippen LogP contribution in [0.1, 0.15) is 12.8 Å². The van der Waals surface area contributed by atoms with Gasteiger partial charge >= 0.3 is 0 Å². The number of likely N-dealkylation sites (tertiary alicyclic amines) is 1. The van der Waals surface area contributed by atoms with Crippen LogP contribution in [0.15, 0.2) is 60.8 Å². The van der Waals surface area contributed by atoms with E-state index in [9.17, 15) is 0 Å². The number of aromatic nitrogens is 2. The second-order valence-corrected chi connectivity index (χ2v) is 7.17. The molecule has 1 aliphatic rings. The van der Waals surface area contributed by atoms with Crippen LogP contribution < -0.4 is 20.1 Å². The fraction of sp³-hybridized carbons (Fsp3) is 0.304. The van der Waals surface area contributed by atoms with Gasteiger partial charge in [0.25, 0.3) is 0 Å². The van der Waals surface area contributed by atoms with Gasteiger partial charge in [-0.3, -0.25) is 4.90 Å². The molecular weight excluding hydrogens is 378 g/mol. The van der Waals surface area contributed by atoms with E-state index in [0.717, 1.165) is 36.0 Å². The average Bonchev–Trinajstić information content (AvgIpc) is 3.29. The van der Waals surface area contributed by atoms with Gasteiger partial charge in [-0.05, 0) is 80.5 Å². The Labute approximate surface area is 177 Å². The quantitative estimate of drug-likeness (QED) is 0.545. The van der Waals surface area contributed by atoms with Crippen LogP contribution in [0.3, 0.4) is 0 Å². The molecule has 0 atom stereocenters. The average molecular weight is 406 g/mol. The van der Waals surface area contributed by atoms with Gasteiger partial charge in [-0.25, -0.2) is 4.98 Å². The van der Waals surface area contributed by atoms with Gasteiger partial charge < -0.3 is 20.1 Å². The Morgan fingerprint density at radius 2 is 1.53 bits per heavy atom. The summed E-state index contributed by atoms with van der Waals surface area (Å²) in [6.07, 6.45) is 4.33. The van der Waals surface area contributed by atoms with Crippen molar-refractivity contribution in [3.63, 3.8) is 0 Å². The highest BCUT2D eigenvalue weighted by Crippen LogP contribution is 2.21. The second kappa shape index (κ2) is 9.93. The second-order valence-electron chi connectivity index (χ2n) is 7.17. The molecule has 2 heterocycles. The predicted molar refractivity (Wildman–Crippen MR) is 119 cm³/mol. The normalized spacial score (nSPS) is 13.8. The van der Waals surface area contributed by atoms with Gasteiger partial charge in [0.15, 0.2) is 0 Å². The summed E-state index contributed by atoms with van der Waals surface area (Å²) in [7, 11) is 1.65. The summed E-state index contributed by atoms with van der Waals surface area (Å²) < 4.78 is 11.0. The topological polar surface area (TPSA) is 71.5 Å². The van der Waals surface area contributed by atoms with Crippen molar-refractivity contribution < 1.29 is 9.47 Å². The maximum absolute atomic E-state index is 5.86. The van der Waals surface area contributed by atoms with E-state index < -0.39 is 0 Å². The lowest BCUT2D eigenvalue weighted by Crippen LogP contribution is -2.25. The lowest BCUT2D eigenvalue weighted by molar-refractivity contribution is 0.238. The predicted octanol–water partition coefficient (Wildman–Crippen LogP) is 4.45. The number of nitrogens with zero attached hydrogens (tertiary/aromatic N) is 3. The van der Waals surface area contributed by atoms with Crippen molar-refractivity contribution in [3.8, 4) is 11.5 Å². The zero-order chi connectivity index (χ0) is 20.6. The van der Waals surface area contributed by atoms with Crippen LogP contribution in [-0.4, -0.2) is 48.2 Å². The van der Waals surface area contributed by atoms with Gasteiger partial charge in [0.2, 0.25) is 5.95 Å². The van der Waals surface area contributed by atoms with Crippen molar-refractivity contribution in [3.05, 3.63) is 60.8 Å². The van der Waals surface area contributed by atoms with E-state index in [4.69, 9.17) is 9.47 Å². The molecular formula is C23H27N5O2. The van der Waals surface area contributed by atoms with Gasteiger partial charge in [0.1, 0.15) is 23.9 Å². The molecule has 156 valence electrons. The van der Waals surface area contributed by atoms with E-state index >= 15 is 0 Å². The van der Waals surface area contributed by atoms with Crippen molar-refractivity contribution >= 4 is 23.1 Å². The number of ether oxygens (including phenoxy) is 2. The number of hydrogen-bond acceptors (Lipinski definition) is 7. The lowest BCUT2D eigenvalue weighted by atomic mass is 10.3. The first-order valence-electron chi connectivity index (χ1n) is 10.2. The monoisotopic (exact) mass is 405 g/mol. The fourth-order valence-electron chi connectivity index (χ4n) is 3.37. The first kappa shape index (κ1) is 20.0.